The van der Waals surface area contributed by atoms with Crippen molar-refractivity contribution in [2.45, 2.75) is 26.9 Å². The highest BCUT2D eigenvalue weighted by atomic mass is 35.5. The first-order valence-corrected chi connectivity index (χ1v) is 8.36. The summed E-state index contributed by atoms with van der Waals surface area (Å²) in [5.74, 6) is 1.03. The van der Waals surface area contributed by atoms with Crippen LogP contribution in [-0.4, -0.2) is 18.6 Å². The largest absolute Gasteiger partial charge is 0.489 e. The molecule has 2 aromatic carbocycles. The number of aryl methyl sites for hydroxylation is 2. The molecule has 1 amide bonds. The van der Waals surface area contributed by atoms with E-state index >= 15 is 0 Å². The number of halogens is 1. The van der Waals surface area contributed by atoms with Gasteiger partial charge in [0.15, 0.2) is 6.10 Å². The van der Waals surface area contributed by atoms with Crippen molar-refractivity contribution in [1.29, 1.82) is 0 Å². The lowest BCUT2D eigenvalue weighted by Gasteiger charge is -2.16. The van der Waals surface area contributed by atoms with Crippen LogP contribution in [0.4, 0.5) is 5.69 Å². The summed E-state index contributed by atoms with van der Waals surface area (Å²) in [6, 6.07) is 10.8. The Morgan fingerprint density at radius 1 is 1.24 bits per heavy atom. The van der Waals surface area contributed by atoms with Gasteiger partial charge in [-0.05, 0) is 56.2 Å². The second-order valence-electron chi connectivity index (χ2n) is 5.75. The maximum Gasteiger partial charge on any atom is 0.265 e. The molecule has 0 saturated heterocycles. The number of ether oxygens (including phenoxy) is 2. The molecule has 0 radical (unpaired) electrons. The molecule has 1 N–H and O–H groups in total. The molecule has 0 aliphatic heterocycles. The summed E-state index contributed by atoms with van der Waals surface area (Å²) in [5.41, 5.74) is 2.47. The zero-order valence-electron chi connectivity index (χ0n) is 14.6. The SMILES string of the molecule is C=CCOc1cccc(NC(=O)[C@H](C)Oc2cc(C)c(Cl)c(C)c2)c1. The van der Waals surface area contributed by atoms with Gasteiger partial charge in [0.25, 0.3) is 5.91 Å². The van der Waals surface area contributed by atoms with Crippen molar-refractivity contribution in [3.8, 4) is 11.5 Å². The molecule has 0 aliphatic rings. The summed E-state index contributed by atoms with van der Waals surface area (Å²) in [6.07, 6.45) is 1.01. The minimum Gasteiger partial charge on any atom is -0.489 e. The molecule has 132 valence electrons. The molecule has 0 saturated carbocycles. The van der Waals surface area contributed by atoms with Crippen LogP contribution in [-0.2, 0) is 4.79 Å². The molecule has 4 nitrogen and oxygen atoms in total. The Labute approximate surface area is 153 Å². The van der Waals surface area contributed by atoms with Crippen LogP contribution in [0.25, 0.3) is 0 Å². The van der Waals surface area contributed by atoms with Gasteiger partial charge in [-0.2, -0.15) is 0 Å². The van der Waals surface area contributed by atoms with E-state index in [0.717, 1.165) is 11.1 Å². The fraction of sp³-hybridized carbons (Fsp3) is 0.250. The average molecular weight is 360 g/mol. The lowest BCUT2D eigenvalue weighted by atomic mass is 10.1. The van der Waals surface area contributed by atoms with Crippen LogP contribution < -0.4 is 14.8 Å². The van der Waals surface area contributed by atoms with Gasteiger partial charge in [0.1, 0.15) is 18.1 Å². The van der Waals surface area contributed by atoms with Gasteiger partial charge in [0, 0.05) is 16.8 Å². The van der Waals surface area contributed by atoms with E-state index in [9.17, 15) is 4.79 Å². The molecule has 2 rings (SSSR count). The first kappa shape index (κ1) is 18.9. The number of hydrogen-bond donors (Lipinski definition) is 1. The minimum absolute atomic E-state index is 0.244. The molecule has 5 heteroatoms. The van der Waals surface area contributed by atoms with Gasteiger partial charge >= 0.3 is 0 Å². The Kier molecular flexibility index (Phi) is 6.48. The van der Waals surface area contributed by atoms with Crippen molar-refractivity contribution in [1.82, 2.24) is 0 Å². The summed E-state index contributed by atoms with van der Waals surface area (Å²) >= 11 is 6.15. The molecule has 0 unspecified atom stereocenters. The summed E-state index contributed by atoms with van der Waals surface area (Å²) in [6.45, 7) is 9.53. The minimum atomic E-state index is -0.655. The van der Waals surface area contributed by atoms with E-state index in [4.69, 9.17) is 21.1 Å². The van der Waals surface area contributed by atoms with Gasteiger partial charge < -0.3 is 14.8 Å². The highest BCUT2D eigenvalue weighted by Crippen LogP contribution is 2.26. The fourth-order valence-electron chi connectivity index (χ4n) is 2.29. The van der Waals surface area contributed by atoms with Gasteiger partial charge in [0.05, 0.1) is 0 Å². The third kappa shape index (κ3) is 5.26. The number of carbonyl (C=O) groups excluding carboxylic acids is 1. The van der Waals surface area contributed by atoms with Crippen LogP contribution in [0.3, 0.4) is 0 Å². The van der Waals surface area contributed by atoms with Crippen LogP contribution in [0.1, 0.15) is 18.1 Å². The molecule has 0 aliphatic carbocycles. The van der Waals surface area contributed by atoms with E-state index in [1.165, 1.54) is 0 Å². The first-order valence-electron chi connectivity index (χ1n) is 7.98. The molecule has 25 heavy (non-hydrogen) atoms. The quantitative estimate of drug-likeness (QED) is 0.713. The maximum atomic E-state index is 12.4. The van der Waals surface area contributed by atoms with Crippen molar-refractivity contribution in [2.75, 3.05) is 11.9 Å². The predicted octanol–water partition coefficient (Wildman–Crippen LogP) is 4.93. The van der Waals surface area contributed by atoms with Crippen LogP contribution in [0.15, 0.2) is 49.1 Å². The van der Waals surface area contributed by atoms with Crippen molar-refractivity contribution in [3.63, 3.8) is 0 Å². The highest BCUT2D eigenvalue weighted by molar-refractivity contribution is 6.32. The number of amides is 1. The van der Waals surface area contributed by atoms with Gasteiger partial charge in [-0.1, -0.05) is 30.3 Å². The van der Waals surface area contributed by atoms with E-state index in [1.807, 2.05) is 38.1 Å². The standard InChI is InChI=1S/C20H22ClNO3/c1-5-9-24-17-8-6-7-16(12-17)22-20(23)15(4)25-18-10-13(2)19(21)14(3)11-18/h5-8,10-12,15H,1,9H2,2-4H3,(H,22,23)/t15-/m0/s1. The number of benzene rings is 2. The zero-order chi connectivity index (χ0) is 18.4. The smallest absolute Gasteiger partial charge is 0.265 e. The lowest BCUT2D eigenvalue weighted by Crippen LogP contribution is -2.30. The number of rotatable bonds is 7. The van der Waals surface area contributed by atoms with Crippen molar-refractivity contribution < 1.29 is 14.3 Å². The Balaban J connectivity index is 2.02. The summed E-state index contributed by atoms with van der Waals surface area (Å²) in [5, 5.41) is 3.53. The molecular weight excluding hydrogens is 338 g/mol. The van der Waals surface area contributed by atoms with E-state index < -0.39 is 6.10 Å². The molecule has 0 fully saturated rings. The summed E-state index contributed by atoms with van der Waals surface area (Å²) in [4.78, 5) is 12.4. The molecule has 0 heterocycles. The van der Waals surface area contributed by atoms with Crippen LogP contribution in [0.2, 0.25) is 5.02 Å². The second-order valence-corrected chi connectivity index (χ2v) is 6.13. The second kappa shape index (κ2) is 8.58. The number of nitrogens with one attached hydrogen (secondary N) is 1. The van der Waals surface area contributed by atoms with E-state index in [1.54, 1.807) is 25.1 Å². The van der Waals surface area contributed by atoms with Crippen molar-refractivity contribution in [3.05, 3.63) is 65.2 Å². The number of anilines is 1. The van der Waals surface area contributed by atoms with Gasteiger partial charge in [-0.15, -0.1) is 0 Å². The van der Waals surface area contributed by atoms with E-state index in [0.29, 0.717) is 28.8 Å². The maximum absolute atomic E-state index is 12.4. The monoisotopic (exact) mass is 359 g/mol. The van der Waals surface area contributed by atoms with Crippen LogP contribution >= 0.6 is 11.6 Å². The zero-order valence-corrected chi connectivity index (χ0v) is 15.4. The molecule has 2 aromatic rings. The first-order chi connectivity index (χ1) is 11.9. The van der Waals surface area contributed by atoms with Gasteiger partial charge in [-0.3, -0.25) is 4.79 Å². The molecule has 0 spiro atoms. The Hall–Kier alpha value is -2.46. The van der Waals surface area contributed by atoms with Crippen molar-refractivity contribution in [2.24, 2.45) is 0 Å². The van der Waals surface area contributed by atoms with Gasteiger partial charge in [-0.25, -0.2) is 0 Å². The van der Waals surface area contributed by atoms with E-state index in [2.05, 4.69) is 11.9 Å². The molecular formula is C20H22ClNO3. The molecule has 0 aromatic heterocycles. The van der Waals surface area contributed by atoms with Gasteiger partial charge in [0.2, 0.25) is 0 Å². The fourth-order valence-corrected chi connectivity index (χ4v) is 2.40. The average Bonchev–Trinajstić information content (AvgIpc) is 2.58. The van der Waals surface area contributed by atoms with Crippen molar-refractivity contribution >= 4 is 23.2 Å². The Morgan fingerprint density at radius 3 is 2.56 bits per heavy atom. The molecule has 1 atom stereocenters. The third-order valence-electron chi connectivity index (χ3n) is 3.56. The Bertz CT molecular complexity index is 750. The van der Waals surface area contributed by atoms with Crippen LogP contribution in [0, 0.1) is 13.8 Å². The van der Waals surface area contributed by atoms with Crippen LogP contribution in [0.5, 0.6) is 11.5 Å². The highest BCUT2D eigenvalue weighted by Gasteiger charge is 2.16. The third-order valence-corrected chi connectivity index (χ3v) is 4.16. The Morgan fingerprint density at radius 2 is 1.92 bits per heavy atom. The summed E-state index contributed by atoms with van der Waals surface area (Å²) < 4.78 is 11.2. The molecule has 0 bridgehead atoms. The normalized spacial score (nSPS) is 11.5. The lowest BCUT2D eigenvalue weighted by molar-refractivity contribution is -0.122. The van der Waals surface area contributed by atoms with E-state index in [-0.39, 0.29) is 5.91 Å². The predicted molar refractivity (Wildman–Crippen MR) is 102 cm³/mol. The topological polar surface area (TPSA) is 47.6 Å². The number of hydrogen-bond acceptors (Lipinski definition) is 3. The summed E-state index contributed by atoms with van der Waals surface area (Å²) in [7, 11) is 0. The number of carbonyl (C=O) groups is 1.